The average molecular weight is 395 g/mol. The lowest BCUT2D eigenvalue weighted by Crippen LogP contribution is -2.39. The fraction of sp³-hybridized carbons (Fsp3) is 0.706. The van der Waals surface area contributed by atoms with Crippen LogP contribution in [0.25, 0.3) is 5.52 Å². The van der Waals surface area contributed by atoms with Gasteiger partial charge < -0.3 is 10.3 Å². The molecule has 4 rings (SSSR count). The highest BCUT2D eigenvalue weighted by molar-refractivity contribution is 7.89. The van der Waals surface area contributed by atoms with Crippen molar-refractivity contribution in [3.8, 4) is 0 Å². The summed E-state index contributed by atoms with van der Waals surface area (Å²) in [5, 5.41) is 8.05. The zero-order chi connectivity index (χ0) is 19.2. The monoisotopic (exact) mass is 394 g/mol. The van der Waals surface area contributed by atoms with E-state index in [-0.39, 0.29) is 23.1 Å². The van der Waals surface area contributed by atoms with E-state index in [2.05, 4.69) is 22.2 Å². The van der Waals surface area contributed by atoms with Crippen LogP contribution in [0.2, 0.25) is 0 Å². The number of aromatic amines is 1. The maximum absolute atomic E-state index is 12.5. The second kappa shape index (κ2) is 6.99. The Bertz CT molecular complexity index is 990. The number of hydrogen-bond acceptors (Lipinski definition) is 6. The Hall–Kier alpha value is -1.78. The highest BCUT2D eigenvalue weighted by atomic mass is 32.2. The second-order valence-corrected chi connectivity index (χ2v) is 9.83. The van der Waals surface area contributed by atoms with E-state index in [1.165, 1.54) is 0 Å². The summed E-state index contributed by atoms with van der Waals surface area (Å²) < 4.78 is 27.4. The third kappa shape index (κ3) is 3.30. The van der Waals surface area contributed by atoms with Crippen LogP contribution < -0.4 is 10.9 Å². The molecule has 10 heteroatoms. The van der Waals surface area contributed by atoms with Crippen molar-refractivity contribution < 1.29 is 8.42 Å². The molecule has 0 bridgehead atoms. The smallest absolute Gasteiger partial charge is 0.276 e. The Morgan fingerprint density at radius 2 is 2.00 bits per heavy atom. The van der Waals surface area contributed by atoms with E-state index in [0.29, 0.717) is 43.2 Å². The average Bonchev–Trinajstić information content (AvgIpc) is 3.28. The van der Waals surface area contributed by atoms with Crippen LogP contribution in [0.3, 0.4) is 0 Å². The molecule has 0 radical (unpaired) electrons. The maximum Gasteiger partial charge on any atom is 0.276 e. The van der Waals surface area contributed by atoms with E-state index in [9.17, 15) is 13.2 Å². The van der Waals surface area contributed by atoms with Gasteiger partial charge in [-0.15, -0.1) is 0 Å². The Kier molecular flexibility index (Phi) is 4.81. The maximum atomic E-state index is 12.5. The molecule has 2 fully saturated rings. The fourth-order valence-electron chi connectivity index (χ4n) is 4.13. The molecule has 2 aliphatic rings. The SMILES string of the molecule is CCS(=O)(=O)N1CCC(c2ncc3c(=O)[nH]c(C4CNCC4C)nn23)CC1. The fourth-order valence-corrected chi connectivity index (χ4v) is 5.26. The summed E-state index contributed by atoms with van der Waals surface area (Å²) >= 11 is 0. The standard InChI is InChI=1S/C17H26N6O3S/c1-3-27(25,26)22-6-4-12(5-7-22)16-19-10-14-17(24)20-15(21-23(14)16)13-9-18-8-11(13)2/h10-13,18H,3-9H2,1-2H3,(H,20,21,24). The van der Waals surface area contributed by atoms with Crippen LogP contribution in [0.1, 0.15) is 50.2 Å². The third-order valence-corrected chi connectivity index (χ3v) is 7.77. The third-order valence-electron chi connectivity index (χ3n) is 5.89. The predicted molar refractivity (Wildman–Crippen MR) is 101 cm³/mol. The number of aromatic nitrogens is 4. The molecule has 2 aliphatic heterocycles. The van der Waals surface area contributed by atoms with Gasteiger partial charge in [-0.2, -0.15) is 5.10 Å². The number of nitrogens with one attached hydrogen (secondary N) is 2. The van der Waals surface area contributed by atoms with Gasteiger partial charge >= 0.3 is 0 Å². The van der Waals surface area contributed by atoms with Crippen LogP contribution in [0.15, 0.2) is 11.0 Å². The van der Waals surface area contributed by atoms with Crippen LogP contribution in [-0.4, -0.2) is 64.2 Å². The van der Waals surface area contributed by atoms with E-state index in [1.807, 2.05) is 0 Å². The van der Waals surface area contributed by atoms with Crippen LogP contribution in [0.4, 0.5) is 0 Å². The Morgan fingerprint density at radius 1 is 1.26 bits per heavy atom. The summed E-state index contributed by atoms with van der Waals surface area (Å²) in [6.45, 7) is 6.49. The van der Waals surface area contributed by atoms with E-state index >= 15 is 0 Å². The summed E-state index contributed by atoms with van der Waals surface area (Å²) in [5.74, 6) is 2.24. The largest absolute Gasteiger partial charge is 0.316 e. The molecule has 2 aromatic heterocycles. The lowest BCUT2D eigenvalue weighted by atomic mass is 9.97. The van der Waals surface area contributed by atoms with Crippen LogP contribution in [0.5, 0.6) is 0 Å². The molecule has 2 aromatic rings. The first-order valence-corrected chi connectivity index (χ1v) is 11.2. The van der Waals surface area contributed by atoms with Crippen molar-refractivity contribution in [2.45, 2.75) is 38.5 Å². The minimum Gasteiger partial charge on any atom is -0.316 e. The number of rotatable bonds is 4. The van der Waals surface area contributed by atoms with Crippen molar-refractivity contribution in [1.82, 2.24) is 29.2 Å². The molecule has 9 nitrogen and oxygen atoms in total. The molecule has 27 heavy (non-hydrogen) atoms. The number of H-pyrrole nitrogens is 1. The van der Waals surface area contributed by atoms with Gasteiger partial charge in [-0.3, -0.25) is 4.79 Å². The normalized spacial score (nSPS) is 25.4. The molecular weight excluding hydrogens is 368 g/mol. The molecule has 0 saturated carbocycles. The van der Waals surface area contributed by atoms with Gasteiger partial charge in [0.15, 0.2) is 5.52 Å². The van der Waals surface area contributed by atoms with Crippen molar-refractivity contribution >= 4 is 15.5 Å². The molecule has 2 N–H and O–H groups in total. The van der Waals surface area contributed by atoms with Gasteiger partial charge in [-0.05, 0) is 32.2 Å². The summed E-state index contributed by atoms with van der Waals surface area (Å²) in [5.41, 5.74) is 0.264. The molecule has 148 valence electrons. The lowest BCUT2D eigenvalue weighted by molar-refractivity contribution is 0.312. The van der Waals surface area contributed by atoms with Gasteiger partial charge in [-0.1, -0.05) is 6.92 Å². The minimum atomic E-state index is -3.16. The second-order valence-electron chi connectivity index (χ2n) is 7.57. The number of fused-ring (bicyclic) bond motifs is 1. The van der Waals surface area contributed by atoms with Crippen molar-refractivity contribution in [2.24, 2.45) is 5.92 Å². The highest BCUT2D eigenvalue weighted by Gasteiger charge is 2.31. The molecule has 2 unspecified atom stereocenters. The van der Waals surface area contributed by atoms with Crippen LogP contribution in [0, 0.1) is 5.92 Å². The summed E-state index contributed by atoms with van der Waals surface area (Å²) in [4.78, 5) is 19.9. The van der Waals surface area contributed by atoms with Gasteiger partial charge in [-0.25, -0.2) is 22.2 Å². The predicted octanol–water partition coefficient (Wildman–Crippen LogP) is 0.270. The number of imidazole rings is 1. The molecule has 2 saturated heterocycles. The lowest BCUT2D eigenvalue weighted by Gasteiger charge is -2.30. The molecule has 0 aromatic carbocycles. The minimum absolute atomic E-state index is 0.0945. The molecule has 0 amide bonds. The summed E-state index contributed by atoms with van der Waals surface area (Å²) in [7, 11) is -3.16. The Balaban J connectivity index is 1.63. The quantitative estimate of drug-likeness (QED) is 0.770. The van der Waals surface area contributed by atoms with Crippen molar-refractivity contribution in [1.29, 1.82) is 0 Å². The van der Waals surface area contributed by atoms with Crippen LogP contribution >= 0.6 is 0 Å². The highest BCUT2D eigenvalue weighted by Crippen LogP contribution is 2.29. The first kappa shape index (κ1) is 18.6. The van der Waals surface area contributed by atoms with E-state index in [0.717, 1.165) is 18.9 Å². The molecule has 0 aliphatic carbocycles. The number of hydrogen-bond donors (Lipinski definition) is 2. The zero-order valence-electron chi connectivity index (χ0n) is 15.7. The van der Waals surface area contributed by atoms with Crippen molar-refractivity contribution in [3.63, 3.8) is 0 Å². The topological polar surface area (TPSA) is 112 Å². The van der Waals surface area contributed by atoms with E-state index in [1.54, 1.807) is 21.9 Å². The number of piperidine rings is 1. The first-order valence-electron chi connectivity index (χ1n) is 9.57. The molecule has 4 heterocycles. The Labute approximate surface area is 158 Å². The Morgan fingerprint density at radius 3 is 2.63 bits per heavy atom. The zero-order valence-corrected chi connectivity index (χ0v) is 16.5. The van der Waals surface area contributed by atoms with Crippen molar-refractivity contribution in [3.05, 3.63) is 28.2 Å². The van der Waals surface area contributed by atoms with E-state index < -0.39 is 10.0 Å². The van der Waals surface area contributed by atoms with Gasteiger partial charge in [0.1, 0.15) is 11.6 Å². The molecule has 0 spiro atoms. The van der Waals surface area contributed by atoms with E-state index in [4.69, 9.17) is 5.10 Å². The van der Waals surface area contributed by atoms with Crippen molar-refractivity contribution in [2.75, 3.05) is 31.9 Å². The number of sulfonamides is 1. The number of nitrogens with zero attached hydrogens (tertiary/aromatic N) is 4. The first-order chi connectivity index (χ1) is 12.9. The summed E-state index contributed by atoms with van der Waals surface area (Å²) in [6.07, 6.45) is 2.93. The van der Waals surface area contributed by atoms with Gasteiger partial charge in [0.2, 0.25) is 10.0 Å². The molecule has 2 atom stereocenters. The molecular formula is C17H26N6O3S. The van der Waals surface area contributed by atoms with Crippen LogP contribution in [-0.2, 0) is 10.0 Å². The summed E-state index contributed by atoms with van der Waals surface area (Å²) in [6, 6.07) is 0. The van der Waals surface area contributed by atoms with Gasteiger partial charge in [0.25, 0.3) is 5.56 Å². The van der Waals surface area contributed by atoms with Gasteiger partial charge in [0.05, 0.1) is 11.9 Å². The van der Waals surface area contributed by atoms with Gasteiger partial charge in [0, 0.05) is 31.5 Å².